The first-order valence-corrected chi connectivity index (χ1v) is 7.43. The molecule has 1 saturated heterocycles. The lowest BCUT2D eigenvalue weighted by molar-refractivity contribution is 0.0693. The Kier molecular flexibility index (Phi) is 3.18. The van der Waals surface area contributed by atoms with Crippen molar-refractivity contribution in [2.45, 2.75) is 25.1 Å². The van der Waals surface area contributed by atoms with Gasteiger partial charge in [0.1, 0.15) is 0 Å². The number of imidazole rings is 1. The molecule has 2 unspecified atom stereocenters. The molecule has 3 rings (SSSR count). The molecule has 2 aromatic heterocycles. The SMILES string of the molecule is CC1SCCN(C(=O)c2nccn3ccnc23)C1C. The second-order valence-electron chi connectivity index (χ2n) is 4.75. The van der Waals surface area contributed by atoms with E-state index in [2.05, 4.69) is 23.8 Å². The molecule has 2 aromatic rings. The maximum atomic E-state index is 12.7. The van der Waals surface area contributed by atoms with Crippen LogP contribution in [0.15, 0.2) is 24.8 Å². The summed E-state index contributed by atoms with van der Waals surface area (Å²) in [6, 6.07) is 0.225. The largest absolute Gasteiger partial charge is 0.333 e. The van der Waals surface area contributed by atoms with Crippen LogP contribution in [0, 0.1) is 0 Å². The molecule has 0 spiro atoms. The van der Waals surface area contributed by atoms with Crippen LogP contribution in [0.4, 0.5) is 0 Å². The van der Waals surface area contributed by atoms with Crippen LogP contribution in [-0.4, -0.2) is 48.8 Å². The molecule has 100 valence electrons. The quantitative estimate of drug-likeness (QED) is 0.795. The number of rotatable bonds is 1. The van der Waals surface area contributed by atoms with E-state index in [0.29, 0.717) is 16.6 Å². The van der Waals surface area contributed by atoms with Crippen molar-refractivity contribution in [1.29, 1.82) is 0 Å². The van der Waals surface area contributed by atoms with Crippen LogP contribution < -0.4 is 0 Å². The Hall–Kier alpha value is -1.56. The molecule has 0 aromatic carbocycles. The summed E-state index contributed by atoms with van der Waals surface area (Å²) in [6.45, 7) is 5.04. The van der Waals surface area contributed by atoms with E-state index in [4.69, 9.17) is 0 Å². The summed E-state index contributed by atoms with van der Waals surface area (Å²) >= 11 is 1.91. The molecule has 0 aliphatic carbocycles. The lowest BCUT2D eigenvalue weighted by Gasteiger charge is -2.37. The van der Waals surface area contributed by atoms with Crippen molar-refractivity contribution in [1.82, 2.24) is 19.3 Å². The molecule has 6 heteroatoms. The summed E-state index contributed by atoms with van der Waals surface area (Å²) < 4.78 is 1.83. The Morgan fingerprint density at radius 1 is 1.32 bits per heavy atom. The fourth-order valence-corrected chi connectivity index (χ4v) is 3.46. The minimum atomic E-state index is -0.0172. The first-order valence-electron chi connectivity index (χ1n) is 6.38. The fourth-order valence-electron chi connectivity index (χ4n) is 2.36. The van der Waals surface area contributed by atoms with Gasteiger partial charge in [0.25, 0.3) is 5.91 Å². The minimum absolute atomic E-state index is 0.0172. The highest BCUT2D eigenvalue weighted by molar-refractivity contribution is 8.00. The third kappa shape index (κ3) is 2.10. The highest BCUT2D eigenvalue weighted by Gasteiger charge is 2.31. The van der Waals surface area contributed by atoms with E-state index in [0.717, 1.165) is 12.3 Å². The molecule has 1 fully saturated rings. The van der Waals surface area contributed by atoms with Gasteiger partial charge in [-0.25, -0.2) is 9.97 Å². The molecule has 5 nitrogen and oxygen atoms in total. The number of aromatic nitrogens is 3. The van der Waals surface area contributed by atoms with Crippen molar-refractivity contribution >= 4 is 23.3 Å². The Labute approximate surface area is 116 Å². The molecule has 0 bridgehead atoms. The number of thioether (sulfide) groups is 1. The van der Waals surface area contributed by atoms with E-state index >= 15 is 0 Å². The lowest BCUT2D eigenvalue weighted by Crippen LogP contribution is -2.48. The van der Waals surface area contributed by atoms with Gasteiger partial charge in [0.05, 0.1) is 0 Å². The number of hydrogen-bond donors (Lipinski definition) is 0. The van der Waals surface area contributed by atoms with E-state index < -0.39 is 0 Å². The van der Waals surface area contributed by atoms with Crippen molar-refractivity contribution in [3.63, 3.8) is 0 Å². The maximum absolute atomic E-state index is 12.7. The second kappa shape index (κ2) is 4.85. The van der Waals surface area contributed by atoms with Gasteiger partial charge in [-0.15, -0.1) is 0 Å². The number of carbonyl (C=O) groups excluding carboxylic acids is 1. The summed E-state index contributed by atoms with van der Waals surface area (Å²) in [4.78, 5) is 23.0. The van der Waals surface area contributed by atoms with Gasteiger partial charge in [-0.3, -0.25) is 4.79 Å². The molecule has 0 saturated carbocycles. The number of carbonyl (C=O) groups is 1. The van der Waals surface area contributed by atoms with Crippen LogP contribution in [0.2, 0.25) is 0 Å². The van der Waals surface area contributed by atoms with Crippen molar-refractivity contribution in [2.24, 2.45) is 0 Å². The summed E-state index contributed by atoms with van der Waals surface area (Å²) in [5, 5.41) is 0.456. The smallest absolute Gasteiger partial charge is 0.276 e. The Morgan fingerprint density at radius 3 is 2.84 bits per heavy atom. The van der Waals surface area contributed by atoms with Gasteiger partial charge in [-0.1, -0.05) is 6.92 Å². The summed E-state index contributed by atoms with van der Waals surface area (Å²) in [5.74, 6) is 0.964. The normalized spacial score (nSPS) is 23.8. The topological polar surface area (TPSA) is 50.5 Å². The van der Waals surface area contributed by atoms with Gasteiger partial charge in [0, 0.05) is 48.4 Å². The number of hydrogen-bond acceptors (Lipinski definition) is 4. The van der Waals surface area contributed by atoms with Gasteiger partial charge in [-0.05, 0) is 6.92 Å². The fraction of sp³-hybridized carbons (Fsp3) is 0.462. The van der Waals surface area contributed by atoms with E-state index in [1.54, 1.807) is 18.6 Å². The van der Waals surface area contributed by atoms with Crippen molar-refractivity contribution < 1.29 is 4.79 Å². The van der Waals surface area contributed by atoms with E-state index in [-0.39, 0.29) is 11.9 Å². The number of nitrogens with zero attached hydrogens (tertiary/aromatic N) is 4. The maximum Gasteiger partial charge on any atom is 0.276 e. The van der Waals surface area contributed by atoms with Gasteiger partial charge in [0.2, 0.25) is 0 Å². The van der Waals surface area contributed by atoms with Gasteiger partial charge >= 0.3 is 0 Å². The Balaban J connectivity index is 1.97. The van der Waals surface area contributed by atoms with Crippen molar-refractivity contribution in [2.75, 3.05) is 12.3 Å². The predicted octanol–water partition coefficient (Wildman–Crippen LogP) is 1.70. The van der Waals surface area contributed by atoms with Crippen LogP contribution in [0.3, 0.4) is 0 Å². The molecular formula is C13H16N4OS. The standard InChI is InChI=1S/C13H16N4OS/c1-9-10(2)19-8-7-17(9)13(18)11-12-15-4-6-16(12)5-3-14-11/h3-6,9-10H,7-8H2,1-2H3. The molecule has 0 N–H and O–H groups in total. The molecule has 1 aliphatic rings. The first-order chi connectivity index (χ1) is 9.18. The molecule has 0 radical (unpaired) electrons. The Morgan fingerprint density at radius 2 is 2.05 bits per heavy atom. The van der Waals surface area contributed by atoms with Crippen molar-refractivity contribution in [3.05, 3.63) is 30.5 Å². The van der Waals surface area contributed by atoms with Crippen LogP contribution in [0.5, 0.6) is 0 Å². The third-order valence-corrected chi connectivity index (χ3v) is 5.00. The third-order valence-electron chi connectivity index (χ3n) is 3.66. The van der Waals surface area contributed by atoms with Crippen LogP contribution >= 0.6 is 11.8 Å². The zero-order chi connectivity index (χ0) is 13.4. The van der Waals surface area contributed by atoms with E-state index in [1.165, 1.54) is 0 Å². The zero-order valence-corrected chi connectivity index (χ0v) is 11.8. The number of amides is 1. The predicted molar refractivity (Wildman–Crippen MR) is 75.4 cm³/mol. The van der Waals surface area contributed by atoms with Crippen LogP contribution in [-0.2, 0) is 0 Å². The van der Waals surface area contributed by atoms with Gasteiger partial charge in [0.15, 0.2) is 11.3 Å². The molecule has 1 aliphatic heterocycles. The average molecular weight is 276 g/mol. The Bertz CT molecular complexity index is 611. The molecule has 1 amide bonds. The van der Waals surface area contributed by atoms with E-state index in [9.17, 15) is 4.79 Å². The zero-order valence-electron chi connectivity index (χ0n) is 11.0. The molecule has 2 atom stereocenters. The molecule has 3 heterocycles. The van der Waals surface area contributed by atoms with Crippen LogP contribution in [0.25, 0.3) is 5.65 Å². The molecule has 19 heavy (non-hydrogen) atoms. The average Bonchev–Trinajstić information content (AvgIpc) is 2.89. The first kappa shape index (κ1) is 12.5. The summed E-state index contributed by atoms with van der Waals surface area (Å²) in [5.41, 5.74) is 1.07. The summed E-state index contributed by atoms with van der Waals surface area (Å²) in [7, 11) is 0. The van der Waals surface area contributed by atoms with Crippen molar-refractivity contribution in [3.8, 4) is 0 Å². The van der Waals surface area contributed by atoms with E-state index in [1.807, 2.05) is 27.3 Å². The second-order valence-corrected chi connectivity index (χ2v) is 6.23. The summed E-state index contributed by atoms with van der Waals surface area (Å²) in [6.07, 6.45) is 6.96. The highest BCUT2D eigenvalue weighted by atomic mass is 32.2. The highest BCUT2D eigenvalue weighted by Crippen LogP contribution is 2.25. The van der Waals surface area contributed by atoms with Gasteiger partial charge < -0.3 is 9.30 Å². The van der Waals surface area contributed by atoms with Gasteiger partial charge in [-0.2, -0.15) is 11.8 Å². The molecular weight excluding hydrogens is 260 g/mol. The minimum Gasteiger partial charge on any atom is -0.333 e. The van der Waals surface area contributed by atoms with Crippen LogP contribution in [0.1, 0.15) is 24.3 Å². The monoisotopic (exact) mass is 276 g/mol. The number of fused-ring (bicyclic) bond motifs is 1. The lowest BCUT2D eigenvalue weighted by atomic mass is 10.2.